The van der Waals surface area contributed by atoms with Crippen LogP contribution in [0.2, 0.25) is 0 Å². The van der Waals surface area contributed by atoms with Crippen molar-refractivity contribution in [1.82, 2.24) is 0 Å². The fourth-order valence-corrected chi connectivity index (χ4v) is 2.31. The van der Waals surface area contributed by atoms with Crippen LogP contribution in [0.3, 0.4) is 0 Å². The molecule has 1 aliphatic rings. The van der Waals surface area contributed by atoms with Crippen LogP contribution in [0, 0.1) is 0 Å². The molecule has 0 radical (unpaired) electrons. The van der Waals surface area contributed by atoms with Crippen LogP contribution in [0.1, 0.15) is 17.9 Å². The van der Waals surface area contributed by atoms with Crippen molar-refractivity contribution in [2.24, 2.45) is 5.73 Å². The van der Waals surface area contributed by atoms with Crippen molar-refractivity contribution < 1.29 is 9.90 Å². The molecule has 1 aliphatic carbocycles. The van der Waals surface area contributed by atoms with Crippen molar-refractivity contribution in [2.45, 2.75) is 22.2 Å². The highest BCUT2D eigenvalue weighted by molar-refractivity contribution is 6.68. The molecule has 0 saturated heterocycles. The Bertz CT molecular complexity index is 473. The minimum Gasteiger partial charge on any atom is -0.465 e. The van der Waals surface area contributed by atoms with Crippen molar-refractivity contribution >= 4 is 46.6 Å². The third-order valence-electron chi connectivity index (χ3n) is 3.04. The first kappa shape index (κ1) is 14.7. The first-order chi connectivity index (χ1) is 8.78. The maximum atomic E-state index is 11.2. The van der Waals surface area contributed by atoms with Gasteiger partial charge < -0.3 is 10.8 Å². The van der Waals surface area contributed by atoms with E-state index in [2.05, 4.69) is 0 Å². The summed E-state index contributed by atoms with van der Waals surface area (Å²) in [5.41, 5.74) is 7.35. The lowest BCUT2D eigenvalue weighted by Gasteiger charge is -2.23. The summed E-state index contributed by atoms with van der Waals surface area (Å²) in [4.78, 5) is 12.2. The first-order valence-electron chi connectivity index (χ1n) is 5.70. The largest absolute Gasteiger partial charge is 0.465 e. The van der Waals surface area contributed by atoms with Crippen LogP contribution in [-0.4, -0.2) is 27.6 Å². The summed E-state index contributed by atoms with van der Waals surface area (Å²) >= 11 is 16.9. The highest BCUT2D eigenvalue weighted by atomic mass is 35.6. The minimum atomic E-state index is -1.66. The summed E-state index contributed by atoms with van der Waals surface area (Å²) in [5.74, 6) is 0.375. The number of benzene rings is 1. The molecule has 1 aromatic rings. The van der Waals surface area contributed by atoms with E-state index < -0.39 is 9.89 Å². The highest BCUT2D eigenvalue weighted by Gasteiger charge is 2.35. The lowest BCUT2D eigenvalue weighted by atomic mass is 10.1. The van der Waals surface area contributed by atoms with Gasteiger partial charge in [-0.25, -0.2) is 4.79 Å². The van der Waals surface area contributed by atoms with Crippen molar-refractivity contribution in [3.8, 4) is 0 Å². The van der Waals surface area contributed by atoms with Gasteiger partial charge in [0.1, 0.15) is 0 Å². The lowest BCUT2D eigenvalue weighted by molar-refractivity contribution is 0.202. The highest BCUT2D eigenvalue weighted by Crippen LogP contribution is 2.39. The van der Waals surface area contributed by atoms with Crippen molar-refractivity contribution in [1.29, 1.82) is 0 Å². The minimum absolute atomic E-state index is 0.211. The van der Waals surface area contributed by atoms with Crippen LogP contribution in [-0.2, 0) is 0 Å². The fraction of sp³-hybridized carbons (Fsp3) is 0.417. The van der Waals surface area contributed by atoms with Gasteiger partial charge in [-0.2, -0.15) is 0 Å². The van der Waals surface area contributed by atoms with E-state index in [4.69, 9.17) is 45.6 Å². The normalized spacial score (nSPS) is 22.1. The Kier molecular flexibility index (Phi) is 4.16. The monoisotopic (exact) mass is 322 g/mol. The third-order valence-corrected chi connectivity index (χ3v) is 3.40. The third kappa shape index (κ3) is 3.89. The van der Waals surface area contributed by atoms with Crippen LogP contribution < -0.4 is 10.6 Å². The lowest BCUT2D eigenvalue weighted by Crippen LogP contribution is -2.36. The number of nitrogens with zero attached hydrogens (tertiary/aromatic N) is 1. The van der Waals surface area contributed by atoms with Gasteiger partial charge in [0.2, 0.25) is 3.79 Å². The molecule has 4 nitrogen and oxygen atoms in total. The molecule has 0 unspecified atom stereocenters. The standard InChI is InChI=1S/C12H13Cl3N2O2/c13-12(14,15)6-17(11(18)19)8-3-1-7(2-4-8)9-5-10(9)16/h1-4,9-10H,5-6,16H2,(H,18,19)/t9-,10+/m0/s1. The maximum Gasteiger partial charge on any atom is 0.411 e. The smallest absolute Gasteiger partial charge is 0.411 e. The summed E-state index contributed by atoms with van der Waals surface area (Å²) < 4.78 is -1.66. The molecule has 1 amide bonds. The maximum absolute atomic E-state index is 11.2. The molecule has 1 saturated carbocycles. The van der Waals surface area contributed by atoms with Gasteiger partial charge in [-0.05, 0) is 24.1 Å². The van der Waals surface area contributed by atoms with Crippen LogP contribution in [0.15, 0.2) is 24.3 Å². The van der Waals surface area contributed by atoms with Gasteiger partial charge in [-0.1, -0.05) is 46.9 Å². The van der Waals surface area contributed by atoms with Gasteiger partial charge in [0, 0.05) is 17.6 Å². The van der Waals surface area contributed by atoms with Crippen LogP contribution in [0.5, 0.6) is 0 Å². The Hall–Kier alpha value is -0.680. The van der Waals surface area contributed by atoms with Gasteiger partial charge in [0.05, 0.1) is 6.54 Å². The number of rotatable bonds is 3. The van der Waals surface area contributed by atoms with E-state index in [1.165, 1.54) is 0 Å². The number of hydrogen-bond acceptors (Lipinski definition) is 2. The van der Waals surface area contributed by atoms with E-state index in [1.807, 2.05) is 12.1 Å². The Morgan fingerprint density at radius 3 is 2.26 bits per heavy atom. The molecule has 0 bridgehead atoms. The van der Waals surface area contributed by atoms with E-state index in [1.54, 1.807) is 12.1 Å². The molecule has 0 aliphatic heterocycles. The molecule has 1 fully saturated rings. The summed E-state index contributed by atoms with van der Waals surface area (Å²) in [6, 6.07) is 7.33. The SMILES string of the molecule is N[C@@H]1C[C@H]1c1ccc(N(CC(Cl)(Cl)Cl)C(=O)O)cc1. The number of halogens is 3. The Labute approximate surface area is 126 Å². The predicted octanol–water partition coefficient (Wildman–Crippen LogP) is 3.36. The zero-order valence-electron chi connectivity index (χ0n) is 9.89. The molecular weight excluding hydrogens is 311 g/mol. The zero-order valence-corrected chi connectivity index (χ0v) is 12.2. The number of carboxylic acid groups (broad SMARTS) is 1. The van der Waals surface area contributed by atoms with Gasteiger partial charge in [-0.3, -0.25) is 4.90 Å². The second-order valence-electron chi connectivity index (χ2n) is 4.58. The molecule has 0 spiro atoms. The Morgan fingerprint density at radius 1 is 1.37 bits per heavy atom. The van der Waals surface area contributed by atoms with E-state index in [0.717, 1.165) is 16.9 Å². The van der Waals surface area contributed by atoms with Crippen molar-refractivity contribution in [3.63, 3.8) is 0 Å². The quantitative estimate of drug-likeness (QED) is 0.838. The molecule has 7 heteroatoms. The summed E-state index contributed by atoms with van der Waals surface area (Å²) in [6.45, 7) is -0.227. The van der Waals surface area contributed by atoms with Gasteiger partial charge in [0.15, 0.2) is 0 Å². The Morgan fingerprint density at radius 2 is 1.89 bits per heavy atom. The molecule has 2 rings (SSSR count). The molecule has 0 aromatic heterocycles. The topological polar surface area (TPSA) is 66.6 Å². The van der Waals surface area contributed by atoms with Gasteiger partial charge >= 0.3 is 6.09 Å². The van der Waals surface area contributed by atoms with Crippen LogP contribution >= 0.6 is 34.8 Å². The number of nitrogens with two attached hydrogens (primary N) is 1. The summed E-state index contributed by atoms with van der Waals surface area (Å²) in [7, 11) is 0. The predicted molar refractivity (Wildman–Crippen MR) is 77.4 cm³/mol. The number of anilines is 1. The second kappa shape index (κ2) is 5.37. The molecule has 2 atom stereocenters. The fourth-order valence-electron chi connectivity index (χ4n) is 1.95. The average molecular weight is 324 g/mol. The Balaban J connectivity index is 2.15. The summed E-state index contributed by atoms with van der Waals surface area (Å²) in [5, 5.41) is 9.15. The summed E-state index contributed by atoms with van der Waals surface area (Å²) in [6.07, 6.45) is -0.196. The van der Waals surface area contributed by atoms with E-state index in [9.17, 15) is 4.79 Å². The molecule has 19 heavy (non-hydrogen) atoms. The number of alkyl halides is 3. The van der Waals surface area contributed by atoms with Crippen LogP contribution in [0.4, 0.5) is 10.5 Å². The molecular formula is C12H13Cl3N2O2. The van der Waals surface area contributed by atoms with Gasteiger partial charge in [0.25, 0.3) is 0 Å². The van der Waals surface area contributed by atoms with Crippen molar-refractivity contribution in [2.75, 3.05) is 11.4 Å². The molecule has 1 aromatic carbocycles. The van der Waals surface area contributed by atoms with Crippen LogP contribution in [0.25, 0.3) is 0 Å². The van der Waals surface area contributed by atoms with E-state index in [0.29, 0.717) is 11.6 Å². The molecule has 0 heterocycles. The van der Waals surface area contributed by atoms with E-state index in [-0.39, 0.29) is 12.6 Å². The molecule has 3 N–H and O–H groups in total. The van der Waals surface area contributed by atoms with E-state index >= 15 is 0 Å². The number of amides is 1. The van der Waals surface area contributed by atoms with Crippen molar-refractivity contribution in [3.05, 3.63) is 29.8 Å². The second-order valence-corrected chi connectivity index (χ2v) is 7.10. The number of carbonyl (C=O) groups is 1. The molecule has 104 valence electrons. The number of hydrogen-bond donors (Lipinski definition) is 2. The first-order valence-corrected chi connectivity index (χ1v) is 6.84. The average Bonchev–Trinajstić information content (AvgIpc) is 3.02. The van der Waals surface area contributed by atoms with Gasteiger partial charge in [-0.15, -0.1) is 0 Å². The zero-order chi connectivity index (χ0) is 14.2.